The van der Waals surface area contributed by atoms with Crippen LogP contribution < -0.4 is 5.32 Å². The van der Waals surface area contributed by atoms with Gasteiger partial charge in [0.1, 0.15) is 0 Å². The summed E-state index contributed by atoms with van der Waals surface area (Å²) in [5, 5.41) is 3.33. The summed E-state index contributed by atoms with van der Waals surface area (Å²) >= 11 is 1.82. The largest absolute Gasteiger partial charge is 0.381 e. The van der Waals surface area contributed by atoms with Gasteiger partial charge in [0.15, 0.2) is 0 Å². The highest BCUT2D eigenvalue weighted by atomic mass is 32.2. The van der Waals surface area contributed by atoms with Crippen molar-refractivity contribution in [1.82, 2.24) is 5.32 Å². The standard InChI is InChI=1S/C14H31NO2S/c1-14(2)7-4-9-16-11-6-12-17-10-5-8-15-13-18-3/h14-15H,4-13H2,1-3H3. The second-order valence-corrected chi connectivity index (χ2v) is 5.77. The molecule has 0 saturated carbocycles. The number of rotatable bonds is 14. The molecule has 110 valence electrons. The summed E-state index contributed by atoms with van der Waals surface area (Å²) in [5.74, 6) is 1.82. The first-order valence-electron chi connectivity index (χ1n) is 7.12. The average molecular weight is 277 g/mol. The minimum Gasteiger partial charge on any atom is -0.381 e. The van der Waals surface area contributed by atoms with Crippen LogP contribution in [-0.4, -0.2) is 45.1 Å². The van der Waals surface area contributed by atoms with E-state index in [2.05, 4.69) is 25.4 Å². The fraction of sp³-hybridized carbons (Fsp3) is 1.00. The van der Waals surface area contributed by atoms with Crippen LogP contribution in [0.25, 0.3) is 0 Å². The first kappa shape index (κ1) is 18.2. The van der Waals surface area contributed by atoms with E-state index in [4.69, 9.17) is 9.47 Å². The third-order valence-electron chi connectivity index (χ3n) is 2.54. The van der Waals surface area contributed by atoms with E-state index in [0.717, 1.165) is 57.6 Å². The van der Waals surface area contributed by atoms with Gasteiger partial charge in [0, 0.05) is 32.3 Å². The van der Waals surface area contributed by atoms with E-state index < -0.39 is 0 Å². The van der Waals surface area contributed by atoms with Gasteiger partial charge in [-0.1, -0.05) is 13.8 Å². The fourth-order valence-corrected chi connectivity index (χ4v) is 1.88. The van der Waals surface area contributed by atoms with Gasteiger partial charge in [-0.05, 0) is 44.4 Å². The average Bonchev–Trinajstić information content (AvgIpc) is 2.34. The van der Waals surface area contributed by atoms with Crippen LogP contribution in [-0.2, 0) is 9.47 Å². The molecule has 0 saturated heterocycles. The molecule has 0 aliphatic rings. The molecule has 4 heteroatoms. The van der Waals surface area contributed by atoms with E-state index in [1.807, 2.05) is 11.8 Å². The minimum atomic E-state index is 0.789. The van der Waals surface area contributed by atoms with Gasteiger partial charge in [0.05, 0.1) is 0 Å². The van der Waals surface area contributed by atoms with E-state index in [1.165, 1.54) is 12.8 Å². The molecule has 0 unspecified atom stereocenters. The van der Waals surface area contributed by atoms with Crippen LogP contribution in [0.4, 0.5) is 0 Å². The lowest BCUT2D eigenvalue weighted by Crippen LogP contribution is -2.16. The maximum atomic E-state index is 5.55. The molecule has 0 aromatic rings. The maximum Gasteiger partial charge on any atom is 0.0487 e. The molecule has 0 aliphatic heterocycles. The van der Waals surface area contributed by atoms with Crippen LogP contribution in [0.15, 0.2) is 0 Å². The monoisotopic (exact) mass is 277 g/mol. The smallest absolute Gasteiger partial charge is 0.0487 e. The second kappa shape index (κ2) is 15.3. The number of nitrogens with one attached hydrogen (secondary N) is 1. The van der Waals surface area contributed by atoms with Crippen molar-refractivity contribution in [2.45, 2.75) is 39.5 Å². The molecule has 0 radical (unpaired) electrons. The fourth-order valence-electron chi connectivity index (χ4n) is 1.53. The number of thioether (sulfide) groups is 1. The van der Waals surface area contributed by atoms with Crippen molar-refractivity contribution in [3.05, 3.63) is 0 Å². The number of hydrogen-bond donors (Lipinski definition) is 1. The second-order valence-electron chi connectivity index (χ2n) is 4.90. The molecule has 0 aromatic carbocycles. The van der Waals surface area contributed by atoms with E-state index in [0.29, 0.717) is 0 Å². The highest BCUT2D eigenvalue weighted by Crippen LogP contribution is 2.03. The van der Waals surface area contributed by atoms with Gasteiger partial charge in [0.2, 0.25) is 0 Å². The molecule has 0 heterocycles. The highest BCUT2D eigenvalue weighted by molar-refractivity contribution is 7.98. The van der Waals surface area contributed by atoms with Crippen molar-refractivity contribution >= 4 is 11.8 Å². The Morgan fingerprint density at radius 3 is 2.17 bits per heavy atom. The zero-order valence-electron chi connectivity index (χ0n) is 12.4. The SMILES string of the molecule is CSCNCCCOCCCOCCCC(C)C. The van der Waals surface area contributed by atoms with Crippen molar-refractivity contribution in [3.8, 4) is 0 Å². The Kier molecular flexibility index (Phi) is 15.5. The molecule has 0 bridgehead atoms. The lowest BCUT2D eigenvalue weighted by atomic mass is 10.1. The van der Waals surface area contributed by atoms with Crippen LogP contribution in [0, 0.1) is 5.92 Å². The summed E-state index contributed by atoms with van der Waals surface area (Å²) in [6.07, 6.45) is 6.65. The van der Waals surface area contributed by atoms with Crippen LogP contribution in [0.2, 0.25) is 0 Å². The molecule has 0 aromatic heterocycles. The molecule has 0 rings (SSSR count). The summed E-state index contributed by atoms with van der Waals surface area (Å²) in [6.45, 7) is 8.97. The van der Waals surface area contributed by atoms with Crippen LogP contribution >= 0.6 is 11.8 Å². The molecular formula is C14H31NO2S. The van der Waals surface area contributed by atoms with Gasteiger partial charge in [0.25, 0.3) is 0 Å². The Bertz CT molecular complexity index is 157. The summed E-state index contributed by atoms with van der Waals surface area (Å²) in [5.41, 5.74) is 0. The summed E-state index contributed by atoms with van der Waals surface area (Å²) < 4.78 is 11.1. The van der Waals surface area contributed by atoms with Crippen molar-refractivity contribution in [1.29, 1.82) is 0 Å². The quantitative estimate of drug-likeness (QED) is 0.390. The summed E-state index contributed by atoms with van der Waals surface area (Å²) in [4.78, 5) is 0. The van der Waals surface area contributed by atoms with Gasteiger partial charge in [-0.3, -0.25) is 0 Å². The van der Waals surface area contributed by atoms with Crippen LogP contribution in [0.3, 0.4) is 0 Å². The van der Waals surface area contributed by atoms with E-state index in [-0.39, 0.29) is 0 Å². The van der Waals surface area contributed by atoms with Crippen molar-refractivity contribution in [2.24, 2.45) is 5.92 Å². The molecule has 0 amide bonds. The first-order valence-corrected chi connectivity index (χ1v) is 8.52. The van der Waals surface area contributed by atoms with Crippen LogP contribution in [0.5, 0.6) is 0 Å². The third-order valence-corrected chi connectivity index (χ3v) is 3.03. The van der Waals surface area contributed by atoms with E-state index in [1.54, 1.807) is 0 Å². The third kappa shape index (κ3) is 16.2. The molecule has 1 N–H and O–H groups in total. The Morgan fingerprint density at radius 2 is 1.56 bits per heavy atom. The van der Waals surface area contributed by atoms with Crippen molar-refractivity contribution in [2.75, 3.05) is 45.1 Å². The molecule has 0 atom stereocenters. The van der Waals surface area contributed by atoms with Gasteiger partial charge >= 0.3 is 0 Å². The highest BCUT2D eigenvalue weighted by Gasteiger charge is 1.94. The maximum absolute atomic E-state index is 5.55. The van der Waals surface area contributed by atoms with Gasteiger partial charge in [-0.25, -0.2) is 0 Å². The summed E-state index contributed by atoms with van der Waals surface area (Å²) in [7, 11) is 0. The topological polar surface area (TPSA) is 30.5 Å². The van der Waals surface area contributed by atoms with Gasteiger partial charge in [-0.15, -0.1) is 11.8 Å². The van der Waals surface area contributed by atoms with Crippen LogP contribution in [0.1, 0.15) is 39.5 Å². The van der Waals surface area contributed by atoms with Crippen molar-refractivity contribution in [3.63, 3.8) is 0 Å². The predicted molar refractivity (Wildman–Crippen MR) is 81.3 cm³/mol. The van der Waals surface area contributed by atoms with Crippen molar-refractivity contribution < 1.29 is 9.47 Å². The molecular weight excluding hydrogens is 246 g/mol. The first-order chi connectivity index (χ1) is 8.77. The minimum absolute atomic E-state index is 0.789. The number of hydrogen-bond acceptors (Lipinski definition) is 4. The van der Waals surface area contributed by atoms with Gasteiger partial charge in [-0.2, -0.15) is 0 Å². The van der Waals surface area contributed by atoms with E-state index in [9.17, 15) is 0 Å². The lowest BCUT2D eigenvalue weighted by molar-refractivity contribution is 0.0795. The molecule has 3 nitrogen and oxygen atoms in total. The number of ether oxygens (including phenoxy) is 2. The predicted octanol–water partition coefficient (Wildman–Crippen LogP) is 3.15. The summed E-state index contributed by atoms with van der Waals surface area (Å²) in [6, 6.07) is 0. The Balaban J connectivity index is 2.90. The molecule has 0 fully saturated rings. The molecule has 18 heavy (non-hydrogen) atoms. The molecule has 0 spiro atoms. The molecule has 0 aliphatic carbocycles. The Hall–Kier alpha value is 0.230. The zero-order valence-corrected chi connectivity index (χ0v) is 13.2. The van der Waals surface area contributed by atoms with E-state index >= 15 is 0 Å². The Labute approximate surface area is 117 Å². The Morgan fingerprint density at radius 1 is 0.944 bits per heavy atom. The lowest BCUT2D eigenvalue weighted by Gasteiger charge is -2.07. The normalized spacial score (nSPS) is 11.3. The van der Waals surface area contributed by atoms with Gasteiger partial charge < -0.3 is 14.8 Å². The zero-order chi connectivity index (χ0) is 13.5.